The first kappa shape index (κ1) is 12.7. The first-order valence-corrected chi connectivity index (χ1v) is 6.64. The van der Waals surface area contributed by atoms with Gasteiger partial charge in [0.15, 0.2) is 0 Å². The molecule has 0 fully saturated rings. The fraction of sp³-hybridized carbons (Fsp3) is 0.0769. The van der Waals surface area contributed by atoms with Crippen molar-refractivity contribution in [1.29, 1.82) is 0 Å². The molecule has 0 saturated carbocycles. The molecule has 0 aliphatic rings. The molecule has 0 aromatic heterocycles. The summed E-state index contributed by atoms with van der Waals surface area (Å²) in [6.07, 6.45) is 0. The summed E-state index contributed by atoms with van der Waals surface area (Å²) in [7, 11) is 0. The highest BCUT2D eigenvalue weighted by Crippen LogP contribution is 2.27. The lowest BCUT2D eigenvalue weighted by atomic mass is 10.2. The molecule has 0 aliphatic heterocycles. The van der Waals surface area contributed by atoms with Gasteiger partial charge in [-0.1, -0.05) is 41.4 Å². The monoisotopic (exact) mass is 329 g/mol. The Kier molecular flexibility index (Phi) is 4.32. The van der Waals surface area contributed by atoms with Gasteiger partial charge >= 0.3 is 0 Å². The van der Waals surface area contributed by atoms with E-state index in [4.69, 9.17) is 23.2 Å². The predicted molar refractivity (Wildman–Crippen MR) is 77.9 cm³/mol. The number of hydrogen-bond acceptors (Lipinski definition) is 1. The fourth-order valence-electron chi connectivity index (χ4n) is 1.47. The number of rotatable bonds is 3. The molecule has 0 aliphatic carbocycles. The largest absolute Gasteiger partial charge is 0.380 e. The van der Waals surface area contributed by atoms with Gasteiger partial charge in [0.1, 0.15) is 0 Å². The number of halogens is 3. The van der Waals surface area contributed by atoms with E-state index in [0.29, 0.717) is 11.6 Å². The van der Waals surface area contributed by atoms with Gasteiger partial charge in [0.2, 0.25) is 0 Å². The normalized spacial score (nSPS) is 10.3. The van der Waals surface area contributed by atoms with E-state index in [1.807, 2.05) is 42.5 Å². The minimum absolute atomic E-state index is 0.665. The summed E-state index contributed by atoms with van der Waals surface area (Å²) >= 11 is 15.5. The molecule has 0 amide bonds. The van der Waals surface area contributed by atoms with E-state index in [9.17, 15) is 0 Å². The Labute approximate surface area is 119 Å². The summed E-state index contributed by atoms with van der Waals surface area (Å²) < 4.78 is 0.981. The maximum atomic E-state index is 6.08. The van der Waals surface area contributed by atoms with Crippen molar-refractivity contribution < 1.29 is 0 Å². The Morgan fingerprint density at radius 1 is 1.06 bits per heavy atom. The lowest BCUT2D eigenvalue weighted by Crippen LogP contribution is -2.00. The van der Waals surface area contributed by atoms with Gasteiger partial charge in [0.05, 0.1) is 5.69 Å². The quantitative estimate of drug-likeness (QED) is 0.797. The third kappa shape index (κ3) is 3.38. The first-order valence-electron chi connectivity index (χ1n) is 5.09. The average Bonchev–Trinajstić information content (AvgIpc) is 2.32. The van der Waals surface area contributed by atoms with Gasteiger partial charge in [-0.05, 0) is 45.8 Å². The Bertz CT molecular complexity index is 529. The highest BCUT2D eigenvalue weighted by molar-refractivity contribution is 9.10. The average molecular weight is 331 g/mol. The summed E-state index contributed by atoms with van der Waals surface area (Å²) in [5.41, 5.74) is 2.01. The molecule has 0 atom stereocenters. The van der Waals surface area contributed by atoms with Crippen LogP contribution in [0.3, 0.4) is 0 Å². The zero-order valence-corrected chi connectivity index (χ0v) is 12.0. The van der Waals surface area contributed by atoms with Crippen LogP contribution in [0.1, 0.15) is 5.56 Å². The van der Waals surface area contributed by atoms with E-state index < -0.39 is 0 Å². The molecule has 1 nitrogen and oxygen atoms in total. The third-order valence-corrected chi connectivity index (χ3v) is 3.65. The summed E-state index contributed by atoms with van der Waals surface area (Å²) in [5.74, 6) is 0. The van der Waals surface area contributed by atoms with E-state index in [0.717, 1.165) is 20.7 Å². The molecule has 0 spiro atoms. The molecule has 2 rings (SSSR count). The second kappa shape index (κ2) is 5.76. The Morgan fingerprint density at radius 3 is 2.59 bits per heavy atom. The van der Waals surface area contributed by atoms with Crippen LogP contribution in [-0.4, -0.2) is 0 Å². The van der Waals surface area contributed by atoms with Gasteiger partial charge in [-0.3, -0.25) is 0 Å². The zero-order valence-electron chi connectivity index (χ0n) is 8.88. The van der Waals surface area contributed by atoms with Gasteiger partial charge in [0.25, 0.3) is 0 Å². The lowest BCUT2D eigenvalue weighted by Gasteiger charge is -2.10. The van der Waals surface area contributed by atoms with Crippen LogP contribution in [0, 0.1) is 0 Å². The Balaban J connectivity index is 2.12. The number of anilines is 1. The number of benzene rings is 2. The van der Waals surface area contributed by atoms with Crippen LogP contribution in [0.25, 0.3) is 0 Å². The second-order valence-electron chi connectivity index (χ2n) is 3.57. The van der Waals surface area contributed by atoms with E-state index in [1.165, 1.54) is 0 Å². The van der Waals surface area contributed by atoms with Gasteiger partial charge in [-0.2, -0.15) is 0 Å². The molecule has 2 aromatic rings. The van der Waals surface area contributed by atoms with E-state index in [-0.39, 0.29) is 0 Å². The highest BCUT2D eigenvalue weighted by atomic mass is 79.9. The minimum Gasteiger partial charge on any atom is -0.380 e. The number of hydrogen-bond donors (Lipinski definition) is 1. The lowest BCUT2D eigenvalue weighted by molar-refractivity contribution is 1.15. The topological polar surface area (TPSA) is 12.0 Å². The standard InChI is InChI=1S/C13H10BrCl2N/c14-11-6-5-10(15)7-13(11)17-8-9-3-1-2-4-12(9)16/h1-7,17H,8H2. The van der Waals surface area contributed by atoms with Crippen molar-refractivity contribution >= 4 is 44.8 Å². The first-order chi connectivity index (χ1) is 8.16. The molecule has 0 bridgehead atoms. The highest BCUT2D eigenvalue weighted by Gasteiger charge is 2.02. The SMILES string of the molecule is Clc1ccc(Br)c(NCc2ccccc2Cl)c1. The Morgan fingerprint density at radius 2 is 1.82 bits per heavy atom. The van der Waals surface area contributed by atoms with E-state index in [2.05, 4.69) is 21.2 Å². The molecule has 0 saturated heterocycles. The maximum absolute atomic E-state index is 6.08. The van der Waals surface area contributed by atoms with Crippen molar-refractivity contribution in [1.82, 2.24) is 0 Å². The zero-order chi connectivity index (χ0) is 12.3. The molecular weight excluding hydrogens is 321 g/mol. The van der Waals surface area contributed by atoms with Crippen molar-refractivity contribution in [3.63, 3.8) is 0 Å². The molecule has 0 radical (unpaired) electrons. The van der Waals surface area contributed by atoms with Crippen molar-refractivity contribution in [2.45, 2.75) is 6.54 Å². The summed E-state index contributed by atoms with van der Waals surface area (Å²) in [5, 5.41) is 4.76. The van der Waals surface area contributed by atoms with Crippen LogP contribution >= 0.6 is 39.1 Å². The molecule has 1 N–H and O–H groups in total. The summed E-state index contributed by atoms with van der Waals surface area (Å²) in [6.45, 7) is 0.665. The van der Waals surface area contributed by atoms with Crippen LogP contribution < -0.4 is 5.32 Å². The number of nitrogens with one attached hydrogen (secondary N) is 1. The van der Waals surface area contributed by atoms with Crippen LogP contribution in [0.5, 0.6) is 0 Å². The van der Waals surface area contributed by atoms with Crippen LogP contribution in [0.15, 0.2) is 46.9 Å². The fourth-order valence-corrected chi connectivity index (χ4v) is 2.23. The Hall–Kier alpha value is -0.700. The summed E-state index contributed by atoms with van der Waals surface area (Å²) in [6, 6.07) is 13.4. The molecule has 17 heavy (non-hydrogen) atoms. The van der Waals surface area contributed by atoms with Crippen LogP contribution in [0.2, 0.25) is 10.0 Å². The van der Waals surface area contributed by atoms with Gasteiger partial charge in [0, 0.05) is 21.1 Å². The minimum atomic E-state index is 0.665. The van der Waals surface area contributed by atoms with Crippen molar-refractivity contribution in [3.8, 4) is 0 Å². The van der Waals surface area contributed by atoms with Gasteiger partial charge in [-0.25, -0.2) is 0 Å². The van der Waals surface area contributed by atoms with Crippen LogP contribution in [-0.2, 0) is 6.54 Å². The van der Waals surface area contributed by atoms with Crippen molar-refractivity contribution in [2.24, 2.45) is 0 Å². The smallest absolute Gasteiger partial charge is 0.0502 e. The molecule has 0 heterocycles. The second-order valence-corrected chi connectivity index (χ2v) is 5.27. The molecule has 4 heteroatoms. The van der Waals surface area contributed by atoms with Crippen LogP contribution in [0.4, 0.5) is 5.69 Å². The van der Waals surface area contributed by atoms with Crippen molar-refractivity contribution in [2.75, 3.05) is 5.32 Å². The van der Waals surface area contributed by atoms with Gasteiger partial charge < -0.3 is 5.32 Å². The van der Waals surface area contributed by atoms with Crippen molar-refractivity contribution in [3.05, 3.63) is 62.5 Å². The third-order valence-electron chi connectivity index (χ3n) is 2.36. The maximum Gasteiger partial charge on any atom is 0.0502 e. The predicted octanol–water partition coefficient (Wildman–Crippen LogP) is 5.37. The molecular formula is C13H10BrCl2N. The molecule has 0 unspecified atom stereocenters. The summed E-state index contributed by atoms with van der Waals surface area (Å²) in [4.78, 5) is 0. The molecule has 2 aromatic carbocycles. The molecule has 88 valence electrons. The van der Waals surface area contributed by atoms with Gasteiger partial charge in [-0.15, -0.1) is 0 Å². The van der Waals surface area contributed by atoms with E-state index >= 15 is 0 Å². The van der Waals surface area contributed by atoms with E-state index in [1.54, 1.807) is 0 Å².